The van der Waals surface area contributed by atoms with Crippen LogP contribution in [0.1, 0.15) is 62.3 Å². The van der Waals surface area contributed by atoms with Crippen LogP contribution in [0, 0.1) is 34.9 Å². The maximum Gasteiger partial charge on any atom is 0.343 e. The summed E-state index contributed by atoms with van der Waals surface area (Å²) in [5.41, 5.74) is 1.99. The largest absolute Gasteiger partial charge is 0.477 e. The number of aromatic amines is 1. The molecule has 0 radical (unpaired) electrons. The zero-order valence-electron chi connectivity index (χ0n) is 79.7. The van der Waals surface area contributed by atoms with Crippen molar-refractivity contribution in [2.24, 2.45) is 0 Å². The monoisotopic (exact) mass is 2030 g/mol. The van der Waals surface area contributed by atoms with E-state index in [0.717, 1.165) is 12.1 Å². The number of carboxylic acids is 2. The fraction of sp³-hybridized carbons (Fsp3) is 0.568. The number of ether oxygens (including phenoxy) is 14. The number of nitrogens with one attached hydrogen (secondary N) is 1. The van der Waals surface area contributed by atoms with Crippen LogP contribution in [0.25, 0.3) is 66.9 Å². The lowest BCUT2D eigenvalue weighted by atomic mass is 10.1. The predicted octanol–water partition coefficient (Wildman–Crippen LogP) is 16.5. The van der Waals surface area contributed by atoms with E-state index < -0.39 is 122 Å². The number of aliphatic hydroxyl groups is 1. The molecule has 740 valence electrons. The topological polar surface area (TPSA) is 317 Å². The van der Waals surface area contributed by atoms with E-state index >= 15 is 26.3 Å². The molecule has 9 aromatic rings. The van der Waals surface area contributed by atoms with Gasteiger partial charge in [-0.2, -0.15) is 0 Å². The van der Waals surface area contributed by atoms with Gasteiger partial charge in [0.1, 0.15) is 123 Å². The highest BCUT2D eigenvalue weighted by Gasteiger charge is 2.56. The van der Waals surface area contributed by atoms with Crippen molar-refractivity contribution in [1.29, 1.82) is 0 Å². The first-order chi connectivity index (χ1) is 64.4. The zero-order chi connectivity index (χ0) is 97.2. The molecule has 12 atom stereocenters. The van der Waals surface area contributed by atoms with Crippen molar-refractivity contribution in [2.45, 2.75) is 216 Å². The number of carboxylic acid groups (broad SMARTS) is 2. The second-order valence-corrected chi connectivity index (χ2v) is 62.9. The normalized spacial score (nSPS) is 23.9. The van der Waals surface area contributed by atoms with Crippen molar-refractivity contribution >= 4 is 111 Å². The molecular formula is C95H124BrF6N9O21Si4. The molecule has 136 heavy (non-hydrogen) atoms. The summed E-state index contributed by atoms with van der Waals surface area (Å²) in [7, 11) is -6.92. The van der Waals surface area contributed by atoms with Gasteiger partial charge in [-0.3, -0.25) is 9.13 Å². The summed E-state index contributed by atoms with van der Waals surface area (Å²) in [6, 6.07) is 19.2. The molecule has 0 aliphatic carbocycles. The Balaban J connectivity index is 0.000000150. The molecular weight excluding hydrogens is 1910 g/mol. The SMILES string of the molecule is CC(C)(C)[Si](C)(C)O[C@@H]1CO[C@H]2[C@@H]1OC[C@H]2Oc1c(Br)c2nc(-c3c(F)cc(N4CCOCC4)cc3F)ccc2n1COCC[Si](C)(C)C.CC(C)(C)[Si](C)(C)O[C@@H]1CO[C@H]2[C@@H]1OC[C@H]2Oc1c(C(=O)O)c2nc(-c3c(F)cc(N4CCOCC4)cc3F)ccc2n1COCC[Si](C)(C)C.O=C(O)c1c(O[C@@H]2CO[C@H]3[C@@H]2OC[C@H]3O)[nH]c2ccc(-c3c(F)cc(N4CCOCC4)cc3F)nc12. The van der Waals surface area contributed by atoms with E-state index in [1.807, 2.05) is 25.3 Å². The molecule has 18 rings (SSSR count). The zero-order valence-corrected chi connectivity index (χ0v) is 85.3. The summed E-state index contributed by atoms with van der Waals surface area (Å²) in [5.74, 6) is -6.73. The molecule has 9 aliphatic heterocycles. The number of hydrogen-bond acceptors (Lipinski definition) is 25. The third-order valence-electron chi connectivity index (χ3n) is 27.3. The summed E-state index contributed by atoms with van der Waals surface area (Å²) >= 11 is 3.74. The highest BCUT2D eigenvalue weighted by Crippen LogP contribution is 2.48. The Bertz CT molecular complexity index is 5770. The standard InChI is InChI=1S/C36H51F2N3O8Si2.C35H50BrF2N3O6Si2.C24H23F2N3O7/c1-36(2,3)51(7,8)49-28-20-47-32-27(19-46-33(28)32)48-34-30(35(42)43)31-26(41(34)21-45-15-16-50(4,5)6)10-9-25(39-31)29-23(37)17-22(18-24(29)38)40-11-13-44-14-12-40;1-35(2,3)49(7,8)47-28-20-45-32-27(19-44-33(28)32)46-34-30(36)31-26(41(34)21-43-15-16-48(4,5)6)10-9-25(39-31)29-23(37)17-22(18-24(29)38)40-11-13-42-14-12-40;25-12-7-11(29-3-5-33-6-4-29)8-13(26)18(12)14-1-2-15-20(27-14)19(24(31)32)23(28-15)36-17-10-35-21-16(30)9-34-22(17)21/h9-10,17-18,27-28,32-33H,11-16,19-21H2,1-8H3,(H,42,43);9-10,17-18,27-28,32-33H,11-16,19-21H2,1-8H3;1-2,7-8,16-17,21-22,28,30H,3-6,9-10H2,(H,31,32)/t2*27-,28-,32-,33-;16-,17-,21-,22-/m111/s1. The summed E-state index contributed by atoms with van der Waals surface area (Å²) in [5, 5.41) is 30.5. The van der Waals surface area contributed by atoms with Crippen molar-refractivity contribution in [1.82, 2.24) is 29.1 Å². The van der Waals surface area contributed by atoms with Gasteiger partial charge in [-0.15, -0.1) is 0 Å². The number of aromatic nitrogens is 6. The minimum Gasteiger partial charge on any atom is -0.477 e. The van der Waals surface area contributed by atoms with Crippen LogP contribution in [0.4, 0.5) is 43.4 Å². The Labute approximate surface area is 798 Å². The molecule has 0 amide bonds. The minimum atomic E-state index is -2.13. The van der Waals surface area contributed by atoms with Crippen LogP contribution in [0.2, 0.25) is 87.6 Å². The number of rotatable bonds is 28. The van der Waals surface area contributed by atoms with Gasteiger partial charge in [-0.1, -0.05) is 80.8 Å². The van der Waals surface area contributed by atoms with E-state index in [-0.39, 0.29) is 142 Å². The summed E-state index contributed by atoms with van der Waals surface area (Å²) in [4.78, 5) is 47.3. The first-order valence-corrected chi connectivity index (χ1v) is 60.5. The van der Waals surface area contributed by atoms with E-state index in [1.54, 1.807) is 16.7 Å². The summed E-state index contributed by atoms with van der Waals surface area (Å²) in [6.45, 7) is 44.6. The molecule has 0 bridgehead atoms. The first kappa shape index (κ1) is 101. The average Bonchev–Trinajstić information content (AvgIpc) is 1.58. The van der Waals surface area contributed by atoms with Gasteiger partial charge in [0.15, 0.2) is 34.9 Å². The number of benzene rings is 3. The number of anilines is 3. The first-order valence-electron chi connectivity index (χ1n) is 46.5. The molecule has 0 saturated carbocycles. The summed E-state index contributed by atoms with van der Waals surface area (Å²) < 4.78 is 194. The predicted molar refractivity (Wildman–Crippen MR) is 512 cm³/mol. The molecule has 9 fully saturated rings. The third-order valence-corrected chi connectivity index (χ3v) is 40.5. The average molecular weight is 2030 g/mol. The van der Waals surface area contributed by atoms with Crippen molar-refractivity contribution < 1.29 is 126 Å². The van der Waals surface area contributed by atoms with Gasteiger partial charge in [-0.05, 0) is 137 Å². The van der Waals surface area contributed by atoms with Crippen LogP contribution in [0.5, 0.6) is 17.6 Å². The Kier molecular flexibility index (Phi) is 30.3. The molecule has 6 aromatic heterocycles. The van der Waals surface area contributed by atoms with Gasteiger partial charge >= 0.3 is 11.9 Å². The maximum absolute atomic E-state index is 15.7. The number of aromatic carboxylic acids is 2. The fourth-order valence-electron chi connectivity index (χ4n) is 17.6. The number of hydrogen-bond donors (Lipinski definition) is 4. The molecule has 41 heteroatoms. The van der Waals surface area contributed by atoms with E-state index in [1.165, 1.54) is 54.6 Å². The Morgan fingerprint density at radius 2 is 0.772 bits per heavy atom. The highest BCUT2D eigenvalue weighted by atomic mass is 79.9. The Hall–Kier alpha value is -8.16. The molecule has 4 N–H and O–H groups in total. The van der Waals surface area contributed by atoms with Crippen molar-refractivity contribution in [2.75, 3.05) is 146 Å². The number of nitrogens with zero attached hydrogens (tertiary/aromatic N) is 8. The number of H-pyrrole nitrogens is 1. The van der Waals surface area contributed by atoms with Crippen LogP contribution < -0.4 is 28.9 Å². The van der Waals surface area contributed by atoms with Gasteiger partial charge in [-0.25, -0.2) is 50.9 Å². The smallest absolute Gasteiger partial charge is 0.343 e. The highest BCUT2D eigenvalue weighted by molar-refractivity contribution is 9.10. The van der Waals surface area contributed by atoms with Crippen LogP contribution in [-0.2, 0) is 74.4 Å². The lowest BCUT2D eigenvalue weighted by Crippen LogP contribution is -2.47. The van der Waals surface area contributed by atoms with Crippen LogP contribution >= 0.6 is 15.9 Å². The Morgan fingerprint density at radius 1 is 0.441 bits per heavy atom. The number of aliphatic hydroxyl groups excluding tert-OH is 1. The molecule has 0 spiro atoms. The molecule has 30 nitrogen and oxygen atoms in total. The second-order valence-electron chi connectivity index (χ2n) is 41.3. The third kappa shape index (κ3) is 21.7. The number of carbonyl (C=O) groups is 2. The second kappa shape index (κ2) is 40.8. The number of fused-ring (bicyclic) bond motifs is 6. The van der Waals surface area contributed by atoms with Gasteiger partial charge in [0.05, 0.1) is 142 Å². The van der Waals surface area contributed by atoms with Crippen LogP contribution in [0.3, 0.4) is 0 Å². The molecule has 9 aliphatic rings. The number of morpholine rings is 3. The molecule has 9 saturated heterocycles. The van der Waals surface area contributed by atoms with Crippen molar-refractivity contribution in [3.8, 4) is 51.4 Å². The lowest BCUT2D eigenvalue weighted by Gasteiger charge is -2.39. The van der Waals surface area contributed by atoms with Gasteiger partial charge < -0.3 is 110 Å². The van der Waals surface area contributed by atoms with Gasteiger partial charge in [0, 0.05) is 85.7 Å². The number of pyridine rings is 3. The van der Waals surface area contributed by atoms with Crippen LogP contribution in [0.15, 0.2) is 77.3 Å². The van der Waals surface area contributed by atoms with Gasteiger partial charge in [0.2, 0.25) is 17.6 Å². The molecule has 0 unspecified atom stereocenters. The van der Waals surface area contributed by atoms with E-state index in [0.29, 0.717) is 161 Å². The van der Waals surface area contributed by atoms with Crippen molar-refractivity contribution in [3.63, 3.8) is 0 Å². The lowest BCUT2D eigenvalue weighted by molar-refractivity contribution is 0.00765. The molecule has 3 aromatic carbocycles. The number of halogens is 7. The van der Waals surface area contributed by atoms with E-state index in [4.69, 9.17) is 80.2 Å². The minimum absolute atomic E-state index is 0.00510. The Morgan fingerprint density at radius 3 is 1.17 bits per heavy atom. The van der Waals surface area contributed by atoms with Gasteiger partial charge in [0.25, 0.3) is 0 Å². The maximum atomic E-state index is 15.7. The summed E-state index contributed by atoms with van der Waals surface area (Å²) in [6.07, 6.45) is -5.43. The van der Waals surface area contributed by atoms with E-state index in [9.17, 15) is 24.9 Å². The quantitative estimate of drug-likeness (QED) is 0.0201. The van der Waals surface area contributed by atoms with Crippen molar-refractivity contribution in [3.05, 3.63) is 123 Å². The fourth-order valence-corrected chi connectivity index (χ4v) is 22.4. The molecule has 15 heterocycles. The van der Waals surface area contributed by atoms with E-state index in [2.05, 4.69) is 138 Å². The van der Waals surface area contributed by atoms with Crippen LogP contribution in [-0.4, -0.2) is 294 Å².